The first-order valence-electron chi connectivity index (χ1n) is 21.4. The maximum atomic E-state index is 3.40. The second kappa shape index (κ2) is 18.6. The van der Waals surface area contributed by atoms with Gasteiger partial charge in [0.05, 0.1) is 0 Å². The standard InChI is InChI=1S/3C18H16N2S.Ir/c3*1-13(2)19-10-11-20(12-19)16-8-5-7-15-14-6-3-4-9-17(14)21-18(15)16;/h3*3-7,9-13H,1-2H3;/q3*-2;. The monoisotopic (exact) mass is 1070 g/mol. The Morgan fingerprint density at radius 3 is 0.922 bits per heavy atom. The van der Waals surface area contributed by atoms with Crippen molar-refractivity contribution >= 4 is 112 Å². The van der Waals surface area contributed by atoms with E-state index in [2.05, 4.69) is 237 Å². The summed E-state index contributed by atoms with van der Waals surface area (Å²) in [7, 11) is 0. The summed E-state index contributed by atoms with van der Waals surface area (Å²) in [4.78, 5) is 13.1. The summed E-state index contributed by atoms with van der Waals surface area (Å²) < 4.78 is 7.88. The average molecular weight is 1070 g/mol. The van der Waals surface area contributed by atoms with Crippen molar-refractivity contribution < 1.29 is 20.1 Å². The predicted octanol–water partition coefficient (Wildman–Crippen LogP) is 14.9. The summed E-state index contributed by atoms with van der Waals surface area (Å²) in [6.45, 7) is 19.5. The molecule has 3 aromatic heterocycles. The van der Waals surface area contributed by atoms with E-state index in [0.717, 1.165) is 17.1 Å². The molecule has 0 spiro atoms. The fraction of sp³-hybridized carbons (Fsp3) is 0.167. The molecule has 6 nitrogen and oxygen atoms in total. The van der Waals surface area contributed by atoms with Crippen LogP contribution in [0.3, 0.4) is 0 Å². The summed E-state index contributed by atoms with van der Waals surface area (Å²) >= 11 is 5.52. The van der Waals surface area contributed by atoms with Crippen LogP contribution in [-0.2, 0) is 20.1 Å². The van der Waals surface area contributed by atoms with Crippen molar-refractivity contribution in [2.24, 2.45) is 0 Å². The minimum Gasteiger partial charge on any atom is -0.506 e. The van der Waals surface area contributed by atoms with E-state index in [0.29, 0.717) is 18.1 Å². The largest absolute Gasteiger partial charge is 0.506 e. The van der Waals surface area contributed by atoms with Gasteiger partial charge in [0.25, 0.3) is 0 Å². The second-order valence-electron chi connectivity index (χ2n) is 16.6. The van der Waals surface area contributed by atoms with Crippen LogP contribution in [0.25, 0.3) is 60.5 Å². The molecule has 0 saturated heterocycles. The van der Waals surface area contributed by atoms with Gasteiger partial charge in [-0.2, -0.15) is 74.6 Å². The van der Waals surface area contributed by atoms with Gasteiger partial charge in [0, 0.05) is 34.2 Å². The van der Waals surface area contributed by atoms with Crippen molar-refractivity contribution in [3.05, 3.63) is 185 Å². The number of hydrogen-bond acceptors (Lipinski definition) is 9. The minimum absolute atomic E-state index is 0. The maximum absolute atomic E-state index is 3.40. The fourth-order valence-corrected chi connectivity index (χ4v) is 11.6. The van der Waals surface area contributed by atoms with Gasteiger partial charge in [-0.1, -0.05) is 85.8 Å². The SMILES string of the molecule is CC(C)N1C=CN(c2[c-]ccc3c2sc2ccccc23)[CH-]1.CC(C)N1C=CN(c2[c-]ccc3c2sc2ccccc23)[CH-]1.CC(C)N1C=CN(c2[c-]ccc3c2sc2ccccc23)[CH-]1.[Ir]. The van der Waals surface area contributed by atoms with Crippen molar-refractivity contribution in [2.45, 2.75) is 59.7 Å². The van der Waals surface area contributed by atoms with E-state index >= 15 is 0 Å². The van der Waals surface area contributed by atoms with Gasteiger partial charge < -0.3 is 29.4 Å². The third kappa shape index (κ3) is 8.38. The van der Waals surface area contributed by atoms with Crippen molar-refractivity contribution in [1.29, 1.82) is 0 Å². The average Bonchev–Trinajstić information content (AvgIpc) is 4.16. The Hall–Kier alpha value is -5.35. The van der Waals surface area contributed by atoms with Gasteiger partial charge in [0.2, 0.25) is 0 Å². The Balaban J connectivity index is 0.000000121. The molecule has 0 atom stereocenters. The van der Waals surface area contributed by atoms with Crippen LogP contribution in [0.2, 0.25) is 0 Å². The molecule has 327 valence electrons. The Bertz CT molecular complexity index is 2840. The van der Waals surface area contributed by atoms with E-state index in [4.69, 9.17) is 0 Å². The zero-order valence-corrected chi connectivity index (χ0v) is 41.4. The van der Waals surface area contributed by atoms with E-state index in [9.17, 15) is 0 Å². The molecule has 3 aliphatic heterocycles. The van der Waals surface area contributed by atoms with E-state index in [1.165, 1.54) is 60.5 Å². The number of anilines is 3. The fourth-order valence-electron chi connectivity index (χ4n) is 8.03. The Labute approximate surface area is 402 Å². The quantitative estimate of drug-likeness (QED) is 0.154. The molecule has 0 N–H and O–H groups in total. The van der Waals surface area contributed by atoms with E-state index in [-0.39, 0.29) is 20.1 Å². The van der Waals surface area contributed by atoms with E-state index in [1.807, 2.05) is 52.2 Å². The van der Waals surface area contributed by atoms with E-state index in [1.54, 1.807) is 0 Å². The van der Waals surface area contributed by atoms with Crippen LogP contribution in [0.1, 0.15) is 41.5 Å². The van der Waals surface area contributed by atoms with Crippen LogP contribution >= 0.6 is 34.0 Å². The van der Waals surface area contributed by atoms with Gasteiger partial charge in [0.15, 0.2) is 0 Å². The molecule has 0 saturated carbocycles. The molecule has 6 aromatic carbocycles. The van der Waals surface area contributed by atoms with Gasteiger partial charge >= 0.3 is 0 Å². The molecule has 0 bridgehead atoms. The second-order valence-corrected chi connectivity index (χ2v) is 19.7. The Morgan fingerprint density at radius 1 is 0.375 bits per heavy atom. The van der Waals surface area contributed by atoms with Crippen molar-refractivity contribution in [2.75, 3.05) is 14.7 Å². The molecule has 9 aromatic rings. The van der Waals surface area contributed by atoms with Gasteiger partial charge in [0.1, 0.15) is 0 Å². The van der Waals surface area contributed by atoms with Crippen LogP contribution in [-0.4, -0.2) is 32.8 Å². The van der Waals surface area contributed by atoms with Gasteiger partial charge in [-0.3, -0.25) is 0 Å². The van der Waals surface area contributed by atoms with Gasteiger partial charge in [-0.05, 0) is 131 Å². The molecule has 0 fully saturated rings. The molecule has 1 radical (unpaired) electrons. The summed E-state index contributed by atoms with van der Waals surface area (Å²) in [5.41, 5.74) is 3.40. The first-order valence-corrected chi connectivity index (χ1v) is 23.9. The molecular formula is C54H48IrN6S3-6. The van der Waals surface area contributed by atoms with Gasteiger partial charge in [-0.15, -0.1) is 16.2 Å². The molecule has 0 amide bonds. The molecule has 0 unspecified atom stereocenters. The minimum atomic E-state index is 0. The van der Waals surface area contributed by atoms with E-state index < -0.39 is 0 Å². The number of fused-ring (bicyclic) bond motifs is 9. The van der Waals surface area contributed by atoms with Crippen LogP contribution in [0.5, 0.6) is 0 Å². The summed E-state index contributed by atoms with van der Waals surface area (Å²) in [5, 5.41) is 7.93. The predicted molar refractivity (Wildman–Crippen MR) is 273 cm³/mol. The molecule has 12 rings (SSSR count). The first kappa shape index (κ1) is 43.9. The third-order valence-corrected chi connectivity index (χ3v) is 15.1. The molecule has 3 aliphatic rings. The Morgan fingerprint density at radius 2 is 0.656 bits per heavy atom. The smallest absolute Gasteiger partial charge is 0.0204 e. The van der Waals surface area contributed by atoms with Crippen LogP contribution < -0.4 is 14.7 Å². The maximum Gasteiger partial charge on any atom is 0.0204 e. The number of nitrogens with zero attached hydrogens (tertiary/aromatic N) is 6. The zero-order chi connectivity index (χ0) is 43.2. The number of benzene rings is 6. The normalized spacial score (nSPS) is 14.8. The zero-order valence-electron chi connectivity index (χ0n) is 36.6. The van der Waals surface area contributed by atoms with Crippen LogP contribution in [0.4, 0.5) is 17.1 Å². The van der Waals surface area contributed by atoms with Gasteiger partial charge in [-0.25, -0.2) is 34.0 Å². The van der Waals surface area contributed by atoms with Crippen molar-refractivity contribution in [1.82, 2.24) is 14.7 Å². The van der Waals surface area contributed by atoms with Crippen molar-refractivity contribution in [3.8, 4) is 0 Å². The molecular weight excluding hydrogens is 1020 g/mol. The van der Waals surface area contributed by atoms with Crippen molar-refractivity contribution in [3.63, 3.8) is 0 Å². The van der Waals surface area contributed by atoms with Crippen LogP contribution in [0.15, 0.2) is 146 Å². The molecule has 0 aliphatic carbocycles. The van der Waals surface area contributed by atoms with Crippen LogP contribution in [0, 0.1) is 38.2 Å². The summed E-state index contributed by atoms with van der Waals surface area (Å²) in [6.07, 6.45) is 12.7. The number of thiophene rings is 3. The summed E-state index contributed by atoms with van der Waals surface area (Å²) in [6, 6.07) is 49.9. The molecule has 10 heteroatoms. The topological polar surface area (TPSA) is 19.4 Å². The molecule has 64 heavy (non-hydrogen) atoms. The summed E-state index contributed by atoms with van der Waals surface area (Å²) in [5.74, 6) is 0. The first-order chi connectivity index (χ1) is 30.7. The number of hydrogen-bond donors (Lipinski definition) is 0. The third-order valence-electron chi connectivity index (χ3n) is 11.5. The Kier molecular flexibility index (Phi) is 12.8. The molecule has 6 heterocycles. The number of rotatable bonds is 6.